The molecule has 0 aromatic rings. The van der Waals surface area contributed by atoms with Crippen LogP contribution in [0.2, 0.25) is 0 Å². The number of rotatable bonds is 5. The highest BCUT2D eigenvalue weighted by Crippen LogP contribution is 2.28. The van der Waals surface area contributed by atoms with Crippen LogP contribution < -0.4 is 10.5 Å². The van der Waals surface area contributed by atoms with Crippen molar-refractivity contribution in [3.63, 3.8) is 0 Å². The van der Waals surface area contributed by atoms with E-state index in [9.17, 15) is 8.42 Å². The fourth-order valence-corrected chi connectivity index (χ4v) is 1.39. The first kappa shape index (κ1) is 10.5. The van der Waals surface area contributed by atoms with E-state index in [1.165, 1.54) is 0 Å². The summed E-state index contributed by atoms with van der Waals surface area (Å²) < 4.78 is 23.6. The Hall–Kier alpha value is -0.620. The van der Waals surface area contributed by atoms with Crippen LogP contribution in [0.5, 0.6) is 0 Å². The summed E-state index contributed by atoms with van der Waals surface area (Å²) in [6.07, 6.45) is 3.37. The molecule has 5 nitrogen and oxygen atoms in total. The first-order valence-corrected chi connectivity index (χ1v) is 6.12. The second-order valence-corrected chi connectivity index (χ2v) is 5.08. The van der Waals surface area contributed by atoms with Crippen molar-refractivity contribution in [1.29, 1.82) is 0 Å². The van der Waals surface area contributed by atoms with E-state index in [2.05, 4.69) is 9.71 Å². The molecular weight excluding hydrogens is 190 g/mol. The number of nitrogens with zero attached hydrogens (tertiary/aromatic N) is 1. The second kappa shape index (κ2) is 4.06. The van der Waals surface area contributed by atoms with Crippen LogP contribution in [-0.4, -0.2) is 33.6 Å². The monoisotopic (exact) mass is 205 g/mol. The number of nitrogens with one attached hydrogen (secondary N) is 1. The van der Waals surface area contributed by atoms with E-state index in [-0.39, 0.29) is 0 Å². The van der Waals surface area contributed by atoms with E-state index < -0.39 is 10.0 Å². The number of hydrogen-bond acceptors (Lipinski definition) is 3. The van der Waals surface area contributed by atoms with Gasteiger partial charge in [-0.05, 0) is 12.8 Å². The Bertz CT molecular complexity index is 293. The summed E-state index contributed by atoms with van der Waals surface area (Å²) in [5.74, 6) is 1.12. The molecule has 76 valence electrons. The molecule has 0 amide bonds. The van der Waals surface area contributed by atoms with Gasteiger partial charge in [-0.2, -0.15) is 0 Å². The minimum Gasteiger partial charge on any atom is -0.387 e. The molecule has 0 unspecified atom stereocenters. The predicted octanol–water partition coefficient (Wildman–Crippen LogP) is -0.697. The van der Waals surface area contributed by atoms with E-state index in [0.29, 0.717) is 24.8 Å². The SMILES string of the molecule is CS(=O)(=O)NCCN=C(N)C1CC1. The van der Waals surface area contributed by atoms with Crippen molar-refractivity contribution in [2.45, 2.75) is 12.8 Å². The molecule has 0 aliphatic heterocycles. The van der Waals surface area contributed by atoms with Gasteiger partial charge in [-0.25, -0.2) is 13.1 Å². The van der Waals surface area contributed by atoms with E-state index in [4.69, 9.17) is 5.73 Å². The van der Waals surface area contributed by atoms with Crippen molar-refractivity contribution in [3.05, 3.63) is 0 Å². The van der Waals surface area contributed by atoms with Crippen molar-refractivity contribution in [1.82, 2.24) is 4.72 Å². The molecule has 0 aromatic heterocycles. The highest BCUT2D eigenvalue weighted by atomic mass is 32.2. The topological polar surface area (TPSA) is 84.5 Å². The summed E-state index contributed by atoms with van der Waals surface area (Å²) in [5.41, 5.74) is 5.60. The van der Waals surface area contributed by atoms with Crippen molar-refractivity contribution >= 4 is 15.9 Å². The molecule has 0 spiro atoms. The van der Waals surface area contributed by atoms with E-state index in [1.54, 1.807) is 0 Å². The Morgan fingerprint density at radius 2 is 2.23 bits per heavy atom. The van der Waals surface area contributed by atoms with Gasteiger partial charge in [-0.1, -0.05) is 0 Å². The molecule has 0 heterocycles. The Balaban J connectivity index is 2.16. The number of aliphatic imine (C=N–C) groups is 1. The highest BCUT2D eigenvalue weighted by Gasteiger charge is 2.24. The van der Waals surface area contributed by atoms with Crippen LogP contribution in [0.15, 0.2) is 4.99 Å². The van der Waals surface area contributed by atoms with Crippen molar-refractivity contribution in [2.24, 2.45) is 16.6 Å². The molecule has 1 aliphatic carbocycles. The zero-order chi connectivity index (χ0) is 9.90. The molecule has 1 rings (SSSR count). The van der Waals surface area contributed by atoms with Gasteiger partial charge in [0.25, 0.3) is 0 Å². The normalized spacial score (nSPS) is 19.0. The van der Waals surface area contributed by atoms with Gasteiger partial charge in [0.2, 0.25) is 10.0 Å². The molecule has 6 heteroatoms. The molecule has 0 radical (unpaired) electrons. The van der Waals surface area contributed by atoms with Crippen molar-refractivity contribution < 1.29 is 8.42 Å². The molecular formula is C7H15N3O2S. The summed E-state index contributed by atoms with van der Waals surface area (Å²) in [5, 5.41) is 0. The molecule has 1 fully saturated rings. The predicted molar refractivity (Wildman–Crippen MR) is 52.1 cm³/mol. The standard InChI is InChI=1S/C7H15N3O2S/c1-13(11,12)10-5-4-9-7(8)6-2-3-6/h6,10H,2-5H2,1H3,(H2,8,9). The lowest BCUT2D eigenvalue weighted by atomic mass is 10.4. The largest absolute Gasteiger partial charge is 0.387 e. The van der Waals surface area contributed by atoms with Crippen LogP contribution in [0.25, 0.3) is 0 Å². The molecule has 0 aromatic carbocycles. The molecule has 1 saturated carbocycles. The molecule has 0 saturated heterocycles. The second-order valence-electron chi connectivity index (χ2n) is 3.25. The summed E-state index contributed by atoms with van der Waals surface area (Å²) >= 11 is 0. The van der Waals surface area contributed by atoms with E-state index in [1.807, 2.05) is 0 Å². The summed E-state index contributed by atoms with van der Waals surface area (Å²) in [7, 11) is -3.09. The van der Waals surface area contributed by atoms with Gasteiger partial charge in [0, 0.05) is 12.5 Å². The van der Waals surface area contributed by atoms with Gasteiger partial charge >= 0.3 is 0 Å². The maximum Gasteiger partial charge on any atom is 0.208 e. The van der Waals surface area contributed by atoms with E-state index >= 15 is 0 Å². The minimum atomic E-state index is -3.09. The van der Waals surface area contributed by atoms with Crippen LogP contribution in [0, 0.1) is 5.92 Å². The lowest BCUT2D eigenvalue weighted by molar-refractivity contribution is 0.588. The number of nitrogens with two attached hydrogens (primary N) is 1. The third-order valence-electron chi connectivity index (χ3n) is 1.77. The number of hydrogen-bond donors (Lipinski definition) is 2. The lowest BCUT2D eigenvalue weighted by Crippen LogP contribution is -2.25. The Morgan fingerprint density at radius 3 is 2.69 bits per heavy atom. The first-order valence-electron chi connectivity index (χ1n) is 4.23. The van der Waals surface area contributed by atoms with Crippen LogP contribution in [0.3, 0.4) is 0 Å². The average Bonchev–Trinajstić information content (AvgIpc) is 2.77. The molecule has 3 N–H and O–H groups in total. The van der Waals surface area contributed by atoms with Crippen LogP contribution >= 0.6 is 0 Å². The van der Waals surface area contributed by atoms with Crippen LogP contribution in [0.1, 0.15) is 12.8 Å². The average molecular weight is 205 g/mol. The summed E-state index contributed by atoms with van der Waals surface area (Å²) in [4.78, 5) is 4.06. The third kappa shape index (κ3) is 4.84. The number of amidine groups is 1. The Labute approximate surface area is 78.5 Å². The van der Waals surface area contributed by atoms with Gasteiger partial charge in [-0.3, -0.25) is 4.99 Å². The zero-order valence-electron chi connectivity index (χ0n) is 7.66. The quantitative estimate of drug-likeness (QED) is 0.354. The maximum absolute atomic E-state index is 10.6. The lowest BCUT2D eigenvalue weighted by Gasteiger charge is -1.99. The van der Waals surface area contributed by atoms with Gasteiger partial charge in [-0.15, -0.1) is 0 Å². The van der Waals surface area contributed by atoms with Crippen LogP contribution in [-0.2, 0) is 10.0 Å². The molecule has 13 heavy (non-hydrogen) atoms. The minimum absolute atomic E-state index is 0.326. The maximum atomic E-state index is 10.6. The zero-order valence-corrected chi connectivity index (χ0v) is 8.47. The Morgan fingerprint density at radius 1 is 1.62 bits per heavy atom. The smallest absolute Gasteiger partial charge is 0.208 e. The summed E-state index contributed by atoms with van der Waals surface area (Å²) in [6, 6.07) is 0. The van der Waals surface area contributed by atoms with Gasteiger partial charge in [0.15, 0.2) is 0 Å². The first-order chi connectivity index (χ1) is 5.99. The fourth-order valence-electron chi connectivity index (χ4n) is 0.924. The fraction of sp³-hybridized carbons (Fsp3) is 0.857. The third-order valence-corrected chi connectivity index (χ3v) is 2.49. The summed E-state index contributed by atoms with van der Waals surface area (Å²) in [6.45, 7) is 0.752. The number of sulfonamides is 1. The van der Waals surface area contributed by atoms with Crippen molar-refractivity contribution in [2.75, 3.05) is 19.3 Å². The highest BCUT2D eigenvalue weighted by molar-refractivity contribution is 7.88. The molecule has 0 atom stereocenters. The van der Waals surface area contributed by atoms with Gasteiger partial charge < -0.3 is 5.73 Å². The molecule has 0 bridgehead atoms. The van der Waals surface area contributed by atoms with Gasteiger partial charge in [0.1, 0.15) is 0 Å². The molecule has 1 aliphatic rings. The van der Waals surface area contributed by atoms with Crippen molar-refractivity contribution in [3.8, 4) is 0 Å². The van der Waals surface area contributed by atoms with Gasteiger partial charge in [0.05, 0.1) is 18.6 Å². The van der Waals surface area contributed by atoms with Crippen LogP contribution in [0.4, 0.5) is 0 Å². The van der Waals surface area contributed by atoms with E-state index in [0.717, 1.165) is 19.1 Å². The Kier molecular flexibility index (Phi) is 3.27.